The van der Waals surface area contributed by atoms with Gasteiger partial charge in [-0.2, -0.15) is 0 Å². The molecule has 0 saturated heterocycles. The number of hydrogen-bond acceptors (Lipinski definition) is 2. The van der Waals surface area contributed by atoms with E-state index in [9.17, 15) is 9.59 Å². The second kappa shape index (κ2) is 5.01. The number of carbonyl (C=O) groups excluding carboxylic acids is 2. The van der Waals surface area contributed by atoms with E-state index >= 15 is 0 Å². The number of rotatable bonds is 2. The molecule has 1 amide bonds. The first-order valence-corrected chi connectivity index (χ1v) is 7.05. The number of hydrogen-bond donors (Lipinski definition) is 0. The van der Waals surface area contributed by atoms with Gasteiger partial charge in [0.1, 0.15) is 0 Å². The molecule has 1 heterocycles. The lowest BCUT2D eigenvalue weighted by Gasteiger charge is -2.11. The fourth-order valence-corrected chi connectivity index (χ4v) is 2.78. The maximum absolute atomic E-state index is 12.6. The van der Waals surface area contributed by atoms with Crippen LogP contribution in [0.1, 0.15) is 27.0 Å². The molecule has 0 atom stereocenters. The molecule has 4 heteroatoms. The summed E-state index contributed by atoms with van der Waals surface area (Å²) in [5, 5.41) is 0.542. The third-order valence-corrected chi connectivity index (χ3v) is 4.10. The highest BCUT2D eigenvalue weighted by Crippen LogP contribution is 2.29. The lowest BCUT2D eigenvalue weighted by atomic mass is 9.97. The number of aryl methyl sites for hydroxylation is 1. The van der Waals surface area contributed by atoms with E-state index < -0.39 is 0 Å². The molecule has 0 aromatic heterocycles. The summed E-state index contributed by atoms with van der Waals surface area (Å²) >= 11 is 5.98. The van der Waals surface area contributed by atoms with Crippen molar-refractivity contribution in [1.82, 2.24) is 0 Å². The van der Waals surface area contributed by atoms with Crippen molar-refractivity contribution in [2.45, 2.75) is 13.3 Å². The van der Waals surface area contributed by atoms with Gasteiger partial charge >= 0.3 is 0 Å². The molecule has 106 valence electrons. The van der Waals surface area contributed by atoms with Gasteiger partial charge in [-0.15, -0.1) is 0 Å². The number of nitrogens with zero attached hydrogens (tertiary/aromatic N) is 1. The summed E-state index contributed by atoms with van der Waals surface area (Å²) in [6, 6.07) is 10.7. The molecule has 2 aromatic rings. The van der Waals surface area contributed by atoms with Crippen LogP contribution in [0.5, 0.6) is 0 Å². The number of anilines is 1. The lowest BCUT2D eigenvalue weighted by Crippen LogP contribution is -2.20. The molecule has 1 aliphatic rings. The third-order valence-electron chi connectivity index (χ3n) is 3.86. The van der Waals surface area contributed by atoms with Crippen molar-refractivity contribution in [1.29, 1.82) is 0 Å². The van der Waals surface area contributed by atoms with E-state index in [0.29, 0.717) is 22.6 Å². The van der Waals surface area contributed by atoms with Crippen LogP contribution in [0, 0.1) is 6.92 Å². The van der Waals surface area contributed by atoms with Crippen molar-refractivity contribution < 1.29 is 9.59 Å². The Morgan fingerprint density at radius 1 is 1.19 bits per heavy atom. The number of halogens is 1. The molecule has 1 aliphatic heterocycles. The smallest absolute Gasteiger partial charge is 0.231 e. The van der Waals surface area contributed by atoms with Gasteiger partial charge in [0, 0.05) is 28.9 Å². The summed E-state index contributed by atoms with van der Waals surface area (Å²) in [4.78, 5) is 25.9. The zero-order chi connectivity index (χ0) is 15.1. The highest BCUT2D eigenvalue weighted by Gasteiger charge is 2.25. The highest BCUT2D eigenvalue weighted by molar-refractivity contribution is 6.31. The van der Waals surface area contributed by atoms with Crippen molar-refractivity contribution >= 4 is 29.0 Å². The molecule has 2 aromatic carbocycles. The van der Waals surface area contributed by atoms with E-state index in [1.807, 2.05) is 19.1 Å². The van der Waals surface area contributed by atoms with Crippen LogP contribution in [0.4, 0.5) is 5.69 Å². The van der Waals surface area contributed by atoms with Gasteiger partial charge in [0.15, 0.2) is 5.78 Å². The molecular formula is C17H14ClNO2. The average Bonchev–Trinajstić information content (AvgIpc) is 2.75. The Morgan fingerprint density at radius 2 is 1.95 bits per heavy atom. The fraction of sp³-hybridized carbons (Fsp3) is 0.176. The second-order valence-electron chi connectivity index (χ2n) is 5.26. The van der Waals surface area contributed by atoms with E-state index in [1.165, 1.54) is 0 Å². The Morgan fingerprint density at radius 3 is 2.71 bits per heavy atom. The summed E-state index contributed by atoms with van der Waals surface area (Å²) in [7, 11) is 1.75. The lowest BCUT2D eigenvalue weighted by molar-refractivity contribution is -0.117. The van der Waals surface area contributed by atoms with Crippen molar-refractivity contribution in [3.05, 3.63) is 63.7 Å². The molecule has 0 N–H and O–H groups in total. The Hall–Kier alpha value is -2.13. The average molecular weight is 300 g/mol. The monoisotopic (exact) mass is 299 g/mol. The van der Waals surface area contributed by atoms with Crippen molar-refractivity contribution in [2.24, 2.45) is 0 Å². The molecule has 21 heavy (non-hydrogen) atoms. The number of fused-ring (bicyclic) bond motifs is 1. The summed E-state index contributed by atoms with van der Waals surface area (Å²) < 4.78 is 0. The van der Waals surface area contributed by atoms with E-state index in [-0.39, 0.29) is 11.7 Å². The van der Waals surface area contributed by atoms with Crippen molar-refractivity contribution in [2.75, 3.05) is 11.9 Å². The van der Waals surface area contributed by atoms with Crippen molar-refractivity contribution in [3.63, 3.8) is 0 Å². The summed E-state index contributed by atoms with van der Waals surface area (Å²) in [6.07, 6.45) is 0.349. The topological polar surface area (TPSA) is 37.4 Å². The number of ketones is 1. The van der Waals surface area contributed by atoms with Gasteiger partial charge in [-0.05, 0) is 48.4 Å². The van der Waals surface area contributed by atoms with Crippen LogP contribution in [0.3, 0.4) is 0 Å². The maximum atomic E-state index is 12.6. The third kappa shape index (κ3) is 2.34. The van der Waals surface area contributed by atoms with E-state index in [1.54, 1.807) is 36.2 Å². The van der Waals surface area contributed by atoms with Gasteiger partial charge in [0.05, 0.1) is 6.42 Å². The highest BCUT2D eigenvalue weighted by atomic mass is 35.5. The van der Waals surface area contributed by atoms with Crippen molar-refractivity contribution in [3.8, 4) is 0 Å². The Kier molecular flexibility index (Phi) is 3.30. The minimum Gasteiger partial charge on any atom is -0.315 e. The maximum Gasteiger partial charge on any atom is 0.231 e. The molecule has 0 unspecified atom stereocenters. The molecule has 0 radical (unpaired) electrons. The van der Waals surface area contributed by atoms with E-state index in [4.69, 9.17) is 11.6 Å². The van der Waals surface area contributed by atoms with Crippen LogP contribution in [0.15, 0.2) is 36.4 Å². The van der Waals surface area contributed by atoms with Gasteiger partial charge < -0.3 is 4.90 Å². The van der Waals surface area contributed by atoms with Gasteiger partial charge in [0.25, 0.3) is 0 Å². The van der Waals surface area contributed by atoms with Gasteiger partial charge in [-0.25, -0.2) is 0 Å². The van der Waals surface area contributed by atoms with Gasteiger partial charge in [0.2, 0.25) is 5.91 Å². The zero-order valence-corrected chi connectivity index (χ0v) is 12.6. The summed E-state index contributed by atoms with van der Waals surface area (Å²) in [6.45, 7) is 1.88. The van der Waals surface area contributed by atoms with E-state index in [2.05, 4.69) is 0 Å². The zero-order valence-electron chi connectivity index (χ0n) is 11.8. The van der Waals surface area contributed by atoms with Crippen LogP contribution >= 0.6 is 11.6 Å². The molecule has 3 nitrogen and oxygen atoms in total. The number of amides is 1. The molecule has 3 rings (SSSR count). The molecule has 0 spiro atoms. The van der Waals surface area contributed by atoms with Crippen LogP contribution in [0.2, 0.25) is 5.02 Å². The Labute approximate surface area is 128 Å². The molecular weight excluding hydrogens is 286 g/mol. The summed E-state index contributed by atoms with van der Waals surface area (Å²) in [5.41, 5.74) is 3.84. The van der Waals surface area contributed by atoms with E-state index in [0.717, 1.165) is 16.8 Å². The largest absolute Gasteiger partial charge is 0.315 e. The predicted octanol–water partition coefficient (Wildman–Crippen LogP) is 3.40. The second-order valence-corrected chi connectivity index (χ2v) is 5.70. The summed E-state index contributed by atoms with van der Waals surface area (Å²) in [5.74, 6) is -0.0201. The number of carbonyl (C=O) groups is 2. The first-order chi connectivity index (χ1) is 9.97. The molecule has 0 fully saturated rings. The normalized spacial score (nSPS) is 13.5. The molecule has 0 saturated carbocycles. The van der Waals surface area contributed by atoms with Crippen LogP contribution in [-0.4, -0.2) is 18.7 Å². The fourth-order valence-electron chi connectivity index (χ4n) is 2.61. The first-order valence-electron chi connectivity index (χ1n) is 6.67. The Bertz CT molecular complexity index is 767. The Balaban J connectivity index is 2.02. The quantitative estimate of drug-likeness (QED) is 0.797. The molecule has 0 aliphatic carbocycles. The standard InChI is InChI=1S/C17H14ClNO2/c1-10-3-5-13(18)9-14(10)17(21)11-4-6-15-12(7-11)8-16(20)19(15)2/h3-7,9H,8H2,1-2H3. The van der Waals surface area contributed by atoms with Crippen LogP contribution < -0.4 is 4.90 Å². The predicted molar refractivity (Wildman–Crippen MR) is 83.2 cm³/mol. The number of likely N-dealkylation sites (N-methyl/N-ethyl adjacent to an activating group) is 1. The molecule has 0 bridgehead atoms. The minimum atomic E-state index is -0.0696. The number of benzene rings is 2. The van der Waals surface area contributed by atoms with Crippen LogP contribution in [0.25, 0.3) is 0 Å². The first kappa shape index (κ1) is 13.8. The van der Waals surface area contributed by atoms with Gasteiger partial charge in [-0.3, -0.25) is 9.59 Å². The SMILES string of the molecule is Cc1ccc(Cl)cc1C(=O)c1ccc2c(c1)CC(=O)N2C. The van der Waals surface area contributed by atoms with Crippen LogP contribution in [-0.2, 0) is 11.2 Å². The minimum absolute atomic E-state index is 0.0496. The van der Waals surface area contributed by atoms with Gasteiger partial charge in [-0.1, -0.05) is 17.7 Å².